The normalized spacial score (nSPS) is 16.6. The molecule has 0 bridgehead atoms. The van der Waals surface area contributed by atoms with Gasteiger partial charge in [-0.15, -0.1) is 0 Å². The number of amides is 1. The van der Waals surface area contributed by atoms with Crippen molar-refractivity contribution >= 4 is 11.6 Å². The van der Waals surface area contributed by atoms with Gasteiger partial charge in [0.2, 0.25) is 5.91 Å². The fourth-order valence-corrected chi connectivity index (χ4v) is 2.90. The van der Waals surface area contributed by atoms with E-state index < -0.39 is 0 Å². The quantitative estimate of drug-likeness (QED) is 0.808. The molecule has 0 spiro atoms. The summed E-state index contributed by atoms with van der Waals surface area (Å²) in [6.07, 6.45) is 8.97. The van der Waals surface area contributed by atoms with Gasteiger partial charge < -0.3 is 11.1 Å². The summed E-state index contributed by atoms with van der Waals surface area (Å²) in [5, 5.41) is 3.09. The molecular formula is C17H26N2O. The Morgan fingerprint density at radius 3 is 2.65 bits per heavy atom. The number of carbonyl (C=O) groups excluding carboxylic acids is 1. The Bertz CT molecular complexity index is 423. The molecule has 0 saturated heterocycles. The molecule has 3 heteroatoms. The van der Waals surface area contributed by atoms with Gasteiger partial charge in [-0.2, -0.15) is 0 Å². The van der Waals surface area contributed by atoms with Crippen LogP contribution in [0.2, 0.25) is 0 Å². The highest BCUT2D eigenvalue weighted by Gasteiger charge is 2.19. The number of anilines is 1. The van der Waals surface area contributed by atoms with E-state index in [0.29, 0.717) is 6.54 Å². The Morgan fingerprint density at radius 1 is 1.20 bits per heavy atom. The number of nitrogens with one attached hydrogen (secondary N) is 1. The summed E-state index contributed by atoms with van der Waals surface area (Å²) < 4.78 is 0. The number of rotatable bonds is 5. The molecule has 1 aromatic rings. The van der Waals surface area contributed by atoms with Crippen molar-refractivity contribution in [1.82, 2.24) is 0 Å². The highest BCUT2D eigenvalue weighted by molar-refractivity contribution is 5.92. The minimum absolute atomic E-state index is 0.197. The molecule has 1 aliphatic carbocycles. The average molecular weight is 274 g/mol. The predicted octanol–water partition coefficient (Wildman–Crippen LogP) is 3.49. The summed E-state index contributed by atoms with van der Waals surface area (Å²) in [5.74, 6) is 0.396. The van der Waals surface area contributed by atoms with Gasteiger partial charge in [-0.3, -0.25) is 4.79 Å². The zero-order valence-corrected chi connectivity index (χ0v) is 12.2. The molecule has 0 aliphatic heterocycles. The van der Waals surface area contributed by atoms with Crippen molar-refractivity contribution < 1.29 is 4.79 Å². The standard InChI is InChI=1S/C17H26N2O/c18-12-6-8-14-7-5-11-16(13-14)19-17(20)15-9-3-1-2-4-10-15/h5,7,11,13,15H,1-4,6,8-10,12,18H2,(H,19,20). The van der Waals surface area contributed by atoms with E-state index in [1.54, 1.807) is 0 Å². The Hall–Kier alpha value is -1.35. The summed E-state index contributed by atoms with van der Waals surface area (Å²) >= 11 is 0. The molecule has 3 N–H and O–H groups in total. The summed E-state index contributed by atoms with van der Waals surface area (Å²) in [6.45, 7) is 0.707. The van der Waals surface area contributed by atoms with E-state index in [0.717, 1.165) is 31.4 Å². The van der Waals surface area contributed by atoms with Crippen molar-refractivity contribution in [3.05, 3.63) is 29.8 Å². The molecule has 0 unspecified atom stereocenters. The van der Waals surface area contributed by atoms with Crippen molar-refractivity contribution in [1.29, 1.82) is 0 Å². The van der Waals surface area contributed by atoms with Crippen LogP contribution in [0.25, 0.3) is 0 Å². The van der Waals surface area contributed by atoms with E-state index in [-0.39, 0.29) is 11.8 Å². The smallest absolute Gasteiger partial charge is 0.227 e. The fraction of sp³-hybridized carbons (Fsp3) is 0.588. The molecule has 3 nitrogen and oxygen atoms in total. The maximum absolute atomic E-state index is 12.3. The summed E-state index contributed by atoms with van der Waals surface area (Å²) in [6, 6.07) is 8.15. The van der Waals surface area contributed by atoms with Gasteiger partial charge in [-0.1, -0.05) is 37.8 Å². The summed E-state index contributed by atoms with van der Waals surface area (Å²) in [7, 11) is 0. The zero-order valence-electron chi connectivity index (χ0n) is 12.2. The largest absolute Gasteiger partial charge is 0.330 e. The second-order valence-electron chi connectivity index (χ2n) is 5.77. The molecule has 1 saturated carbocycles. The molecule has 0 heterocycles. The number of hydrogen-bond donors (Lipinski definition) is 2. The SMILES string of the molecule is NCCCc1cccc(NC(=O)C2CCCCCC2)c1. The Balaban J connectivity index is 1.92. The third-order valence-electron chi connectivity index (χ3n) is 4.09. The first kappa shape index (κ1) is 15.0. The first-order chi connectivity index (χ1) is 9.79. The minimum atomic E-state index is 0.197. The van der Waals surface area contributed by atoms with Crippen LogP contribution in [-0.4, -0.2) is 12.5 Å². The molecule has 0 radical (unpaired) electrons. The van der Waals surface area contributed by atoms with Gasteiger partial charge in [0, 0.05) is 11.6 Å². The van der Waals surface area contributed by atoms with Crippen LogP contribution in [0.3, 0.4) is 0 Å². The lowest BCUT2D eigenvalue weighted by Gasteiger charge is -2.14. The van der Waals surface area contributed by atoms with Gasteiger partial charge in [-0.25, -0.2) is 0 Å². The Kier molecular flexibility index (Phi) is 6.06. The lowest BCUT2D eigenvalue weighted by atomic mass is 9.99. The van der Waals surface area contributed by atoms with E-state index in [9.17, 15) is 4.79 Å². The van der Waals surface area contributed by atoms with Crippen LogP contribution in [0.5, 0.6) is 0 Å². The Morgan fingerprint density at radius 2 is 1.95 bits per heavy atom. The van der Waals surface area contributed by atoms with Crippen LogP contribution in [0.15, 0.2) is 24.3 Å². The van der Waals surface area contributed by atoms with Crippen LogP contribution in [0.4, 0.5) is 5.69 Å². The molecule has 1 amide bonds. The van der Waals surface area contributed by atoms with E-state index in [2.05, 4.69) is 17.4 Å². The summed E-state index contributed by atoms with van der Waals surface area (Å²) in [5.41, 5.74) is 7.71. The van der Waals surface area contributed by atoms with Gasteiger partial charge in [0.1, 0.15) is 0 Å². The van der Waals surface area contributed by atoms with Crippen molar-refractivity contribution in [2.45, 2.75) is 51.4 Å². The molecule has 0 aromatic heterocycles. The first-order valence-electron chi connectivity index (χ1n) is 7.89. The molecule has 20 heavy (non-hydrogen) atoms. The number of hydrogen-bond acceptors (Lipinski definition) is 2. The summed E-state index contributed by atoms with van der Waals surface area (Å²) in [4.78, 5) is 12.3. The van der Waals surface area contributed by atoms with E-state index in [1.807, 2.05) is 12.1 Å². The maximum Gasteiger partial charge on any atom is 0.227 e. The van der Waals surface area contributed by atoms with Crippen LogP contribution in [0, 0.1) is 5.92 Å². The average Bonchev–Trinajstić information content (AvgIpc) is 2.74. The predicted molar refractivity (Wildman–Crippen MR) is 83.6 cm³/mol. The van der Waals surface area contributed by atoms with E-state index >= 15 is 0 Å². The van der Waals surface area contributed by atoms with Crippen molar-refractivity contribution in [2.24, 2.45) is 11.7 Å². The lowest BCUT2D eigenvalue weighted by Crippen LogP contribution is -2.22. The van der Waals surface area contributed by atoms with Gasteiger partial charge >= 0.3 is 0 Å². The minimum Gasteiger partial charge on any atom is -0.330 e. The van der Waals surface area contributed by atoms with Crippen LogP contribution in [0.1, 0.15) is 50.5 Å². The van der Waals surface area contributed by atoms with E-state index in [4.69, 9.17) is 5.73 Å². The second kappa shape index (κ2) is 8.05. The first-order valence-corrected chi connectivity index (χ1v) is 7.89. The van der Waals surface area contributed by atoms with Gasteiger partial charge in [-0.05, 0) is 49.9 Å². The third kappa shape index (κ3) is 4.64. The monoisotopic (exact) mass is 274 g/mol. The fourth-order valence-electron chi connectivity index (χ4n) is 2.90. The van der Waals surface area contributed by atoms with Crippen LogP contribution >= 0.6 is 0 Å². The topological polar surface area (TPSA) is 55.1 Å². The van der Waals surface area contributed by atoms with E-state index in [1.165, 1.54) is 31.2 Å². The molecule has 0 atom stereocenters. The van der Waals surface area contributed by atoms with Gasteiger partial charge in [0.25, 0.3) is 0 Å². The number of aryl methyl sites for hydroxylation is 1. The second-order valence-corrected chi connectivity index (χ2v) is 5.77. The maximum atomic E-state index is 12.3. The number of carbonyl (C=O) groups is 1. The highest BCUT2D eigenvalue weighted by Crippen LogP contribution is 2.24. The number of benzene rings is 1. The van der Waals surface area contributed by atoms with Gasteiger partial charge in [0.05, 0.1) is 0 Å². The van der Waals surface area contributed by atoms with Gasteiger partial charge in [0.15, 0.2) is 0 Å². The molecular weight excluding hydrogens is 248 g/mol. The van der Waals surface area contributed by atoms with Crippen molar-refractivity contribution in [3.63, 3.8) is 0 Å². The third-order valence-corrected chi connectivity index (χ3v) is 4.09. The van der Waals surface area contributed by atoms with Crippen molar-refractivity contribution in [2.75, 3.05) is 11.9 Å². The van der Waals surface area contributed by atoms with Crippen LogP contribution < -0.4 is 11.1 Å². The van der Waals surface area contributed by atoms with Crippen molar-refractivity contribution in [3.8, 4) is 0 Å². The van der Waals surface area contributed by atoms with Crippen LogP contribution in [-0.2, 0) is 11.2 Å². The highest BCUT2D eigenvalue weighted by atomic mass is 16.1. The molecule has 1 fully saturated rings. The molecule has 110 valence electrons. The zero-order chi connectivity index (χ0) is 14.2. The Labute approximate surface area is 121 Å². The molecule has 2 rings (SSSR count). The molecule has 1 aliphatic rings. The number of nitrogens with two attached hydrogens (primary N) is 1. The molecule has 1 aromatic carbocycles. The lowest BCUT2D eigenvalue weighted by molar-refractivity contribution is -0.120.